The lowest BCUT2D eigenvalue weighted by molar-refractivity contribution is 0.236. The molecule has 0 aliphatic heterocycles. The van der Waals surface area contributed by atoms with Crippen molar-refractivity contribution < 1.29 is 0 Å². The quantitative estimate of drug-likeness (QED) is 0.626. The molecule has 0 saturated carbocycles. The van der Waals surface area contributed by atoms with E-state index >= 15 is 0 Å². The maximum absolute atomic E-state index is 5.74. The van der Waals surface area contributed by atoms with Crippen molar-refractivity contribution >= 4 is 0 Å². The molecule has 3 N–H and O–H groups in total. The number of hydrazine groups is 1. The molecule has 1 atom stereocenters. The molecule has 0 spiro atoms. The van der Waals surface area contributed by atoms with Gasteiger partial charge in [-0.2, -0.15) is 0 Å². The van der Waals surface area contributed by atoms with Gasteiger partial charge in [0, 0.05) is 0 Å². The second-order valence-electron chi connectivity index (χ2n) is 6.81. The van der Waals surface area contributed by atoms with Crippen molar-refractivity contribution in [2.24, 2.45) is 11.3 Å². The zero-order valence-electron chi connectivity index (χ0n) is 12.7. The van der Waals surface area contributed by atoms with Crippen LogP contribution in [0.2, 0.25) is 0 Å². The second kappa shape index (κ2) is 5.41. The molecule has 0 aliphatic carbocycles. The Balaban J connectivity index is 3.03. The van der Waals surface area contributed by atoms with Crippen LogP contribution in [0.25, 0.3) is 0 Å². The maximum atomic E-state index is 5.74. The van der Waals surface area contributed by atoms with Crippen molar-refractivity contribution in [2.45, 2.75) is 59.4 Å². The van der Waals surface area contributed by atoms with Crippen molar-refractivity contribution in [1.29, 1.82) is 0 Å². The van der Waals surface area contributed by atoms with Crippen LogP contribution in [0, 0.1) is 5.41 Å². The molecule has 0 bridgehead atoms. The van der Waals surface area contributed by atoms with Crippen LogP contribution in [0.5, 0.6) is 0 Å². The SMILES string of the molecule is CCC(C)(C)C(NN)c1ccc(C(C)(C)C)cc1. The van der Waals surface area contributed by atoms with Gasteiger partial charge in [-0.1, -0.05) is 65.8 Å². The first-order valence-electron chi connectivity index (χ1n) is 6.79. The van der Waals surface area contributed by atoms with E-state index in [4.69, 9.17) is 5.84 Å². The van der Waals surface area contributed by atoms with Crippen LogP contribution in [0.3, 0.4) is 0 Å². The first-order valence-corrected chi connectivity index (χ1v) is 6.79. The number of rotatable bonds is 4. The van der Waals surface area contributed by atoms with Gasteiger partial charge in [0.05, 0.1) is 6.04 Å². The van der Waals surface area contributed by atoms with E-state index in [9.17, 15) is 0 Å². The molecule has 0 aliphatic rings. The van der Waals surface area contributed by atoms with Crippen molar-refractivity contribution in [3.63, 3.8) is 0 Å². The summed E-state index contributed by atoms with van der Waals surface area (Å²) < 4.78 is 0. The molecule has 2 heteroatoms. The van der Waals surface area contributed by atoms with E-state index in [0.717, 1.165) is 6.42 Å². The van der Waals surface area contributed by atoms with Gasteiger partial charge in [-0.05, 0) is 28.4 Å². The van der Waals surface area contributed by atoms with E-state index in [0.29, 0.717) is 0 Å². The van der Waals surface area contributed by atoms with Crippen molar-refractivity contribution in [3.05, 3.63) is 35.4 Å². The number of nitrogens with one attached hydrogen (secondary N) is 1. The molecule has 0 heterocycles. The summed E-state index contributed by atoms with van der Waals surface area (Å²) >= 11 is 0. The molecule has 18 heavy (non-hydrogen) atoms. The lowest BCUT2D eigenvalue weighted by Crippen LogP contribution is -2.38. The Morgan fingerprint density at radius 2 is 1.56 bits per heavy atom. The average molecular weight is 248 g/mol. The molecule has 1 unspecified atom stereocenters. The topological polar surface area (TPSA) is 38.0 Å². The normalized spacial score (nSPS) is 14.6. The molecule has 0 radical (unpaired) electrons. The summed E-state index contributed by atoms with van der Waals surface area (Å²) in [5.74, 6) is 5.74. The molecule has 0 saturated heterocycles. The maximum Gasteiger partial charge on any atom is 0.0510 e. The fourth-order valence-corrected chi connectivity index (χ4v) is 2.15. The van der Waals surface area contributed by atoms with Crippen LogP contribution in [0.15, 0.2) is 24.3 Å². The number of hydrogen-bond donors (Lipinski definition) is 2. The van der Waals surface area contributed by atoms with E-state index in [-0.39, 0.29) is 16.9 Å². The van der Waals surface area contributed by atoms with Gasteiger partial charge in [-0.3, -0.25) is 11.3 Å². The van der Waals surface area contributed by atoms with Gasteiger partial charge in [0.15, 0.2) is 0 Å². The fraction of sp³-hybridized carbons (Fsp3) is 0.625. The minimum atomic E-state index is 0.151. The van der Waals surface area contributed by atoms with Crippen LogP contribution in [-0.4, -0.2) is 0 Å². The van der Waals surface area contributed by atoms with E-state index in [1.807, 2.05) is 0 Å². The first-order chi connectivity index (χ1) is 8.22. The number of benzene rings is 1. The van der Waals surface area contributed by atoms with Crippen LogP contribution in [-0.2, 0) is 5.41 Å². The predicted molar refractivity (Wildman–Crippen MR) is 79.3 cm³/mol. The Hall–Kier alpha value is -0.860. The highest BCUT2D eigenvalue weighted by Crippen LogP contribution is 2.36. The molecule has 0 amide bonds. The Kier molecular flexibility index (Phi) is 4.57. The standard InChI is InChI=1S/C16H28N2/c1-7-16(5,6)14(18-17)12-8-10-13(11-9-12)15(2,3)4/h8-11,14,18H,7,17H2,1-6H3. The zero-order valence-corrected chi connectivity index (χ0v) is 12.7. The van der Waals surface area contributed by atoms with Gasteiger partial charge in [0.1, 0.15) is 0 Å². The minimum Gasteiger partial charge on any atom is -0.271 e. The van der Waals surface area contributed by atoms with Gasteiger partial charge in [-0.15, -0.1) is 0 Å². The Morgan fingerprint density at radius 1 is 1.06 bits per heavy atom. The van der Waals surface area contributed by atoms with Crippen LogP contribution >= 0.6 is 0 Å². The molecule has 102 valence electrons. The smallest absolute Gasteiger partial charge is 0.0510 e. The highest BCUT2D eigenvalue weighted by Gasteiger charge is 2.28. The van der Waals surface area contributed by atoms with E-state index in [2.05, 4.69) is 71.2 Å². The fourth-order valence-electron chi connectivity index (χ4n) is 2.15. The molecule has 2 nitrogen and oxygen atoms in total. The third-order valence-corrected chi connectivity index (χ3v) is 3.97. The molecule has 0 aromatic heterocycles. The summed E-state index contributed by atoms with van der Waals surface area (Å²) in [6.07, 6.45) is 1.09. The summed E-state index contributed by atoms with van der Waals surface area (Å²) in [5, 5.41) is 0. The molecule has 1 rings (SSSR count). The first kappa shape index (κ1) is 15.2. The zero-order chi connectivity index (χ0) is 14.0. The lowest BCUT2D eigenvalue weighted by Gasteiger charge is -2.33. The average Bonchev–Trinajstić information content (AvgIpc) is 2.29. The highest BCUT2D eigenvalue weighted by molar-refractivity contribution is 5.30. The molecular weight excluding hydrogens is 220 g/mol. The van der Waals surface area contributed by atoms with E-state index < -0.39 is 0 Å². The highest BCUT2D eigenvalue weighted by atomic mass is 15.2. The third kappa shape index (κ3) is 3.33. The Bertz CT molecular complexity index is 371. The number of nitrogens with two attached hydrogens (primary N) is 1. The molecular formula is C16H28N2. The summed E-state index contributed by atoms with van der Waals surface area (Å²) in [7, 11) is 0. The summed E-state index contributed by atoms with van der Waals surface area (Å²) in [4.78, 5) is 0. The minimum absolute atomic E-state index is 0.151. The van der Waals surface area contributed by atoms with Crippen LogP contribution < -0.4 is 11.3 Å². The van der Waals surface area contributed by atoms with Gasteiger partial charge in [0.25, 0.3) is 0 Å². The van der Waals surface area contributed by atoms with E-state index in [1.165, 1.54) is 11.1 Å². The van der Waals surface area contributed by atoms with Gasteiger partial charge >= 0.3 is 0 Å². The van der Waals surface area contributed by atoms with Gasteiger partial charge in [0.2, 0.25) is 0 Å². The summed E-state index contributed by atoms with van der Waals surface area (Å²) in [6.45, 7) is 13.4. The Morgan fingerprint density at radius 3 is 1.89 bits per heavy atom. The van der Waals surface area contributed by atoms with Crippen LogP contribution in [0.1, 0.15) is 65.1 Å². The predicted octanol–water partition coefficient (Wildman–Crippen LogP) is 3.92. The Labute approximate surface area is 112 Å². The van der Waals surface area contributed by atoms with Crippen molar-refractivity contribution in [1.82, 2.24) is 5.43 Å². The lowest BCUT2D eigenvalue weighted by atomic mass is 9.78. The van der Waals surface area contributed by atoms with Crippen molar-refractivity contribution in [2.75, 3.05) is 0 Å². The third-order valence-electron chi connectivity index (χ3n) is 3.97. The monoisotopic (exact) mass is 248 g/mol. The second-order valence-corrected chi connectivity index (χ2v) is 6.81. The number of hydrogen-bond acceptors (Lipinski definition) is 2. The summed E-state index contributed by atoms with van der Waals surface area (Å²) in [5.41, 5.74) is 5.94. The van der Waals surface area contributed by atoms with E-state index in [1.54, 1.807) is 0 Å². The molecule has 0 fully saturated rings. The van der Waals surface area contributed by atoms with Gasteiger partial charge < -0.3 is 0 Å². The largest absolute Gasteiger partial charge is 0.271 e. The molecule has 1 aromatic rings. The summed E-state index contributed by atoms with van der Waals surface area (Å²) in [6, 6.07) is 9.01. The van der Waals surface area contributed by atoms with Gasteiger partial charge in [-0.25, -0.2) is 0 Å². The van der Waals surface area contributed by atoms with Crippen molar-refractivity contribution in [3.8, 4) is 0 Å². The molecule has 1 aromatic carbocycles. The van der Waals surface area contributed by atoms with Crippen LogP contribution in [0.4, 0.5) is 0 Å².